The molecule has 33 heavy (non-hydrogen) atoms. The highest BCUT2D eigenvalue weighted by Gasteiger charge is 2.27. The number of carbonyl (C=O) groups is 1. The molecule has 1 aliphatic rings. The van der Waals surface area contributed by atoms with Gasteiger partial charge in [-0.25, -0.2) is 13.1 Å². The summed E-state index contributed by atoms with van der Waals surface area (Å²) in [6, 6.07) is 15.2. The molecular weight excluding hydrogens is 568 g/mol. The van der Waals surface area contributed by atoms with Crippen LogP contribution in [0.2, 0.25) is 4.34 Å². The molecule has 4 aromatic rings. The Morgan fingerprint density at radius 1 is 1.15 bits per heavy atom. The van der Waals surface area contributed by atoms with Crippen LogP contribution in [0.15, 0.2) is 62.6 Å². The summed E-state index contributed by atoms with van der Waals surface area (Å²) in [7, 11) is -3.97. The molecule has 12 heteroatoms. The SMILES string of the molecule is O=C(CSc1nnc(Br)n1-c1ccc(C2CC2)c2ccccc12)NS(=O)(=O)c1ccc(Cl)s1. The highest BCUT2D eigenvalue weighted by atomic mass is 79.9. The van der Waals surface area contributed by atoms with Gasteiger partial charge in [-0.15, -0.1) is 21.5 Å². The van der Waals surface area contributed by atoms with Crippen molar-refractivity contribution in [2.75, 3.05) is 5.75 Å². The molecule has 0 unspecified atom stereocenters. The third-order valence-corrected chi connectivity index (χ3v) is 9.72. The summed E-state index contributed by atoms with van der Waals surface area (Å²) >= 11 is 11.3. The second-order valence-corrected chi connectivity index (χ2v) is 12.7. The molecule has 1 saturated carbocycles. The third kappa shape index (κ3) is 4.69. The number of rotatable bonds is 7. The van der Waals surface area contributed by atoms with Gasteiger partial charge in [-0.2, -0.15) is 0 Å². The van der Waals surface area contributed by atoms with Gasteiger partial charge < -0.3 is 0 Å². The average Bonchev–Trinajstić information content (AvgIpc) is 3.43. The highest BCUT2D eigenvalue weighted by molar-refractivity contribution is 9.10. The number of carbonyl (C=O) groups excluding carboxylic acids is 1. The number of hydrogen-bond acceptors (Lipinski definition) is 7. The van der Waals surface area contributed by atoms with Crippen LogP contribution in [0.3, 0.4) is 0 Å². The lowest BCUT2D eigenvalue weighted by molar-refractivity contribution is -0.116. The predicted molar refractivity (Wildman–Crippen MR) is 134 cm³/mol. The first-order chi connectivity index (χ1) is 15.8. The molecular formula is C21H16BrClN4O3S3. The Morgan fingerprint density at radius 2 is 1.91 bits per heavy atom. The number of nitrogens with one attached hydrogen (secondary N) is 1. The fourth-order valence-electron chi connectivity index (χ4n) is 3.60. The lowest BCUT2D eigenvalue weighted by atomic mass is 9.99. The van der Waals surface area contributed by atoms with E-state index in [1.807, 2.05) is 22.8 Å². The van der Waals surface area contributed by atoms with Gasteiger partial charge in [0.05, 0.1) is 15.8 Å². The van der Waals surface area contributed by atoms with Crippen LogP contribution in [0, 0.1) is 0 Å². The Balaban J connectivity index is 1.40. The topological polar surface area (TPSA) is 93.9 Å². The van der Waals surface area contributed by atoms with Gasteiger partial charge in [0.1, 0.15) is 4.21 Å². The number of hydrogen-bond donors (Lipinski definition) is 1. The summed E-state index contributed by atoms with van der Waals surface area (Å²) in [5, 5.41) is 11.0. The second-order valence-electron chi connectivity index (χ2n) is 7.46. The van der Waals surface area contributed by atoms with Crippen molar-refractivity contribution in [1.29, 1.82) is 0 Å². The Bertz CT molecular complexity index is 1480. The maximum Gasteiger partial charge on any atom is 0.273 e. The minimum atomic E-state index is -3.97. The number of nitrogens with zero attached hydrogens (tertiary/aromatic N) is 3. The van der Waals surface area contributed by atoms with Crippen LogP contribution in [0.4, 0.5) is 0 Å². The summed E-state index contributed by atoms with van der Waals surface area (Å²) < 4.78 is 29.4. The van der Waals surface area contributed by atoms with Crippen molar-refractivity contribution >= 4 is 77.3 Å². The van der Waals surface area contributed by atoms with Gasteiger partial charge in [0.25, 0.3) is 10.0 Å². The first-order valence-corrected chi connectivity index (χ1v) is 14.4. The van der Waals surface area contributed by atoms with E-state index in [1.165, 1.54) is 35.9 Å². The zero-order valence-corrected chi connectivity index (χ0v) is 21.7. The summed E-state index contributed by atoms with van der Waals surface area (Å²) in [6.07, 6.45) is 2.41. The minimum Gasteiger partial charge on any atom is -0.273 e. The molecule has 5 rings (SSSR count). The summed E-state index contributed by atoms with van der Waals surface area (Å²) in [6.45, 7) is 0. The molecule has 170 valence electrons. The van der Waals surface area contributed by atoms with Gasteiger partial charge in [-0.1, -0.05) is 53.7 Å². The Morgan fingerprint density at radius 3 is 2.61 bits per heavy atom. The van der Waals surface area contributed by atoms with Gasteiger partial charge in [0.15, 0.2) is 5.16 Å². The Kier molecular flexibility index (Phi) is 6.25. The molecule has 0 spiro atoms. The van der Waals surface area contributed by atoms with Gasteiger partial charge in [-0.05, 0) is 63.8 Å². The fourth-order valence-corrected chi connectivity index (χ4v) is 7.46. The number of fused-ring (bicyclic) bond motifs is 1. The third-order valence-electron chi connectivity index (χ3n) is 5.18. The molecule has 1 fully saturated rings. The van der Waals surface area contributed by atoms with Gasteiger partial charge >= 0.3 is 0 Å². The summed E-state index contributed by atoms with van der Waals surface area (Å²) in [5.74, 6) is -0.211. The smallest absolute Gasteiger partial charge is 0.273 e. The normalized spacial score (nSPS) is 14.0. The van der Waals surface area contributed by atoms with Gasteiger partial charge in [0.2, 0.25) is 10.6 Å². The molecule has 2 heterocycles. The van der Waals surface area contributed by atoms with Gasteiger partial charge in [0, 0.05) is 5.39 Å². The number of benzene rings is 2. The average molecular weight is 584 g/mol. The summed E-state index contributed by atoms with van der Waals surface area (Å²) in [4.78, 5) is 12.4. The van der Waals surface area contributed by atoms with Crippen molar-refractivity contribution in [3.63, 3.8) is 0 Å². The minimum absolute atomic E-state index is 0.0148. The van der Waals surface area contributed by atoms with Crippen molar-refractivity contribution < 1.29 is 13.2 Å². The van der Waals surface area contributed by atoms with E-state index in [9.17, 15) is 13.2 Å². The number of thioether (sulfide) groups is 1. The van der Waals surface area contributed by atoms with E-state index in [0.717, 1.165) is 34.2 Å². The van der Waals surface area contributed by atoms with Crippen molar-refractivity contribution in [2.24, 2.45) is 0 Å². The van der Waals surface area contributed by atoms with Crippen LogP contribution < -0.4 is 4.72 Å². The number of thiophene rings is 1. The standard InChI is InChI=1S/C21H16BrClN4O3S3/c22-20-24-25-21(31-11-18(28)26-33(29,30)19-10-9-17(23)32-19)27(20)16-8-7-13(12-5-6-12)14-3-1-2-4-15(14)16/h1-4,7-10,12H,5-6,11H2,(H,26,28). The van der Waals surface area contributed by atoms with E-state index in [2.05, 4.69) is 49.0 Å². The van der Waals surface area contributed by atoms with Crippen LogP contribution >= 0.6 is 50.6 Å². The molecule has 1 amide bonds. The van der Waals surface area contributed by atoms with Crippen molar-refractivity contribution in [3.05, 3.63) is 63.2 Å². The first kappa shape index (κ1) is 22.9. The first-order valence-electron chi connectivity index (χ1n) is 9.90. The maximum atomic E-state index is 12.4. The van der Waals surface area contributed by atoms with Crippen LogP contribution in [-0.4, -0.2) is 34.8 Å². The van der Waals surface area contributed by atoms with E-state index >= 15 is 0 Å². The lowest BCUT2D eigenvalue weighted by Crippen LogP contribution is -2.31. The number of sulfonamides is 1. The molecule has 2 aromatic carbocycles. The van der Waals surface area contributed by atoms with E-state index in [4.69, 9.17) is 11.6 Å². The molecule has 0 radical (unpaired) electrons. The zero-order chi connectivity index (χ0) is 23.2. The van der Waals surface area contributed by atoms with E-state index < -0.39 is 15.9 Å². The van der Waals surface area contributed by atoms with E-state index in [0.29, 0.717) is 20.1 Å². The monoisotopic (exact) mass is 582 g/mol. The number of aromatic nitrogens is 3. The molecule has 0 saturated heterocycles. The van der Waals surface area contributed by atoms with E-state index in [-0.39, 0.29) is 9.96 Å². The van der Waals surface area contributed by atoms with E-state index in [1.54, 1.807) is 0 Å². The maximum absolute atomic E-state index is 12.4. The Labute approximate surface area is 211 Å². The predicted octanol–water partition coefficient (Wildman–Crippen LogP) is 5.37. The lowest BCUT2D eigenvalue weighted by Gasteiger charge is -2.14. The van der Waals surface area contributed by atoms with Crippen molar-refractivity contribution in [2.45, 2.75) is 28.1 Å². The number of halogens is 2. The summed E-state index contributed by atoms with van der Waals surface area (Å²) in [5.41, 5.74) is 2.22. The number of amides is 1. The Hall–Kier alpha value is -1.92. The van der Waals surface area contributed by atoms with Gasteiger partial charge in [-0.3, -0.25) is 9.36 Å². The molecule has 0 bridgehead atoms. The molecule has 7 nitrogen and oxygen atoms in total. The second kappa shape index (κ2) is 9.03. The highest BCUT2D eigenvalue weighted by Crippen LogP contribution is 2.44. The quantitative estimate of drug-likeness (QED) is 0.294. The molecule has 0 aliphatic heterocycles. The zero-order valence-electron chi connectivity index (χ0n) is 16.9. The van der Waals surface area contributed by atoms with Crippen LogP contribution in [-0.2, 0) is 14.8 Å². The molecule has 2 aromatic heterocycles. The van der Waals surface area contributed by atoms with Crippen molar-refractivity contribution in [1.82, 2.24) is 19.5 Å². The van der Waals surface area contributed by atoms with Crippen LogP contribution in [0.5, 0.6) is 0 Å². The molecule has 1 aliphatic carbocycles. The fraction of sp³-hybridized carbons (Fsp3) is 0.190. The molecule has 1 N–H and O–H groups in total. The van der Waals surface area contributed by atoms with Crippen LogP contribution in [0.1, 0.15) is 24.3 Å². The molecule has 0 atom stereocenters. The largest absolute Gasteiger partial charge is 0.273 e. The van der Waals surface area contributed by atoms with Crippen molar-refractivity contribution in [3.8, 4) is 5.69 Å². The van der Waals surface area contributed by atoms with Crippen LogP contribution in [0.25, 0.3) is 16.5 Å².